The third-order valence-corrected chi connectivity index (χ3v) is 13.1. The SMILES string of the molecule is CC(C)N=c1cc2n(-c3ccc(Cl)cc3)c3ccccc3nc-2cc1Nc1ccc(Cl)cc1.O=c1nc(N2CCN(CC3CCCCC3)CC2)sc2c([N+](=O)[O-])cc(C(F)(F)F)cc12. The normalized spacial score (nSPS) is 15.5. The zero-order valence-corrected chi connectivity index (χ0v) is 37.4. The number of nitro groups is 1. The third-order valence-electron chi connectivity index (χ3n) is 11.4. The number of nitrogens with one attached hydrogen (secondary N) is 1. The van der Waals surface area contributed by atoms with Crippen LogP contribution in [0.15, 0.2) is 107 Å². The van der Waals surface area contributed by atoms with E-state index in [-0.39, 0.29) is 16.1 Å². The average Bonchev–Trinajstić information content (AvgIpc) is 3.27. The summed E-state index contributed by atoms with van der Waals surface area (Å²) in [5, 5.41) is 17.1. The molecule has 1 saturated heterocycles. The monoisotopic (exact) mass is 928 g/mol. The lowest BCUT2D eigenvalue weighted by molar-refractivity contribution is -0.383. The Morgan fingerprint density at radius 3 is 2.22 bits per heavy atom. The number of piperazine rings is 1. The molecule has 1 N–H and O–H groups in total. The summed E-state index contributed by atoms with van der Waals surface area (Å²) in [6.07, 6.45) is 1.62. The Balaban J connectivity index is 0.000000175. The summed E-state index contributed by atoms with van der Waals surface area (Å²) in [4.78, 5) is 41.2. The Labute approximate surface area is 381 Å². The highest BCUT2D eigenvalue weighted by molar-refractivity contribution is 7.22. The van der Waals surface area contributed by atoms with Crippen LogP contribution in [-0.4, -0.2) is 63.1 Å². The minimum atomic E-state index is -4.79. The third kappa shape index (κ3) is 10.3. The highest BCUT2D eigenvalue weighted by Gasteiger charge is 2.34. The van der Waals surface area contributed by atoms with Crippen LogP contribution in [-0.2, 0) is 6.18 Å². The molecule has 0 radical (unpaired) electrons. The van der Waals surface area contributed by atoms with E-state index in [0.29, 0.717) is 40.4 Å². The summed E-state index contributed by atoms with van der Waals surface area (Å²) in [7, 11) is 0. The first-order chi connectivity index (χ1) is 30.7. The molecule has 64 heavy (non-hydrogen) atoms. The molecular weight excluding hydrogens is 885 g/mol. The number of benzene rings is 5. The van der Waals surface area contributed by atoms with Crippen LogP contribution in [0.25, 0.3) is 38.2 Å². The van der Waals surface area contributed by atoms with Gasteiger partial charge in [0.15, 0.2) is 5.13 Å². The number of nitro benzene ring substituents is 1. The number of non-ortho nitro benzene ring substituents is 1. The van der Waals surface area contributed by atoms with Crippen molar-refractivity contribution in [2.45, 2.75) is 58.2 Å². The van der Waals surface area contributed by atoms with Crippen LogP contribution < -0.4 is 21.1 Å². The molecule has 0 amide bonds. The number of para-hydroxylation sites is 2. The first kappa shape index (κ1) is 45.0. The van der Waals surface area contributed by atoms with Crippen molar-refractivity contribution in [1.82, 2.24) is 19.4 Å². The van der Waals surface area contributed by atoms with E-state index in [1.807, 2.05) is 71.6 Å². The van der Waals surface area contributed by atoms with Crippen LogP contribution in [0.2, 0.25) is 10.0 Å². The van der Waals surface area contributed by atoms with Crippen LogP contribution >= 0.6 is 34.5 Å². The van der Waals surface area contributed by atoms with Gasteiger partial charge in [-0.2, -0.15) is 18.2 Å². The molecule has 2 aliphatic carbocycles. The first-order valence-electron chi connectivity index (χ1n) is 21.2. The Morgan fingerprint density at radius 2 is 1.56 bits per heavy atom. The average molecular weight is 930 g/mol. The lowest BCUT2D eigenvalue weighted by atomic mass is 9.89. The number of hydrogen-bond donors (Lipinski definition) is 1. The van der Waals surface area contributed by atoms with Gasteiger partial charge in [0, 0.05) is 66.3 Å². The highest BCUT2D eigenvalue weighted by atomic mass is 35.5. The van der Waals surface area contributed by atoms with Gasteiger partial charge in [-0.3, -0.25) is 24.8 Å². The maximum absolute atomic E-state index is 13.1. The van der Waals surface area contributed by atoms with Crippen molar-refractivity contribution in [3.05, 3.63) is 138 Å². The molecule has 1 aromatic heterocycles. The molecule has 332 valence electrons. The van der Waals surface area contributed by atoms with Gasteiger partial charge in [0.05, 0.1) is 49.3 Å². The lowest BCUT2D eigenvalue weighted by Gasteiger charge is -2.37. The van der Waals surface area contributed by atoms with Gasteiger partial charge in [-0.05, 0) is 111 Å². The number of hydrogen-bond acceptors (Lipinski definition) is 10. The van der Waals surface area contributed by atoms with Crippen LogP contribution in [0.4, 0.5) is 35.4 Å². The van der Waals surface area contributed by atoms with E-state index in [2.05, 4.69) is 51.8 Å². The molecule has 0 unspecified atom stereocenters. The summed E-state index contributed by atoms with van der Waals surface area (Å²) < 4.78 is 41.5. The van der Waals surface area contributed by atoms with Crippen molar-refractivity contribution in [3.8, 4) is 17.1 Å². The van der Waals surface area contributed by atoms with Crippen LogP contribution in [0.3, 0.4) is 0 Å². The molecule has 2 aliphatic heterocycles. The van der Waals surface area contributed by atoms with Gasteiger partial charge in [-0.15, -0.1) is 0 Å². The van der Waals surface area contributed by atoms with Crippen molar-refractivity contribution >= 4 is 77.9 Å². The molecule has 17 heteroatoms. The number of aromatic nitrogens is 3. The molecule has 0 bridgehead atoms. The van der Waals surface area contributed by atoms with E-state index in [4.69, 9.17) is 33.2 Å². The van der Waals surface area contributed by atoms with Crippen LogP contribution in [0.5, 0.6) is 0 Å². The molecule has 0 spiro atoms. The fraction of sp³-hybridized carbons (Fsp3) is 0.319. The van der Waals surface area contributed by atoms with Crippen molar-refractivity contribution in [1.29, 1.82) is 0 Å². The summed E-state index contributed by atoms with van der Waals surface area (Å²) >= 11 is 13.1. The minimum Gasteiger partial charge on any atom is -0.354 e. The van der Waals surface area contributed by atoms with Gasteiger partial charge in [-0.25, -0.2) is 4.98 Å². The second kappa shape index (κ2) is 19.2. The second-order valence-electron chi connectivity index (χ2n) is 16.3. The van der Waals surface area contributed by atoms with E-state index >= 15 is 0 Å². The standard InChI is InChI=1S/C27H22Cl2N4.C20H23F3N4O3S/c1-17(2)30-24-16-27-25(15-23(24)31-20-11-7-18(28)8-12-20)32-22-5-3-4-6-26(22)33(27)21-13-9-19(29)10-14-21;21-20(22,23)14-10-15-17(16(11-14)27(29)30)31-19(24-18(15)28)26-8-6-25(7-9-26)12-13-4-2-1-3-5-13/h3-17,31H,1-2H3;10-11,13H,1-9,12H2. The molecule has 2 fully saturated rings. The van der Waals surface area contributed by atoms with Gasteiger partial charge < -0.3 is 14.8 Å². The predicted molar refractivity (Wildman–Crippen MR) is 251 cm³/mol. The quantitative estimate of drug-likeness (QED) is 0.0908. The van der Waals surface area contributed by atoms with Gasteiger partial charge >= 0.3 is 6.18 Å². The first-order valence-corrected chi connectivity index (χ1v) is 22.7. The van der Waals surface area contributed by atoms with Crippen molar-refractivity contribution in [2.75, 3.05) is 42.9 Å². The number of rotatable bonds is 8. The maximum Gasteiger partial charge on any atom is 0.416 e. The highest BCUT2D eigenvalue weighted by Crippen LogP contribution is 2.39. The summed E-state index contributed by atoms with van der Waals surface area (Å²) in [6.45, 7) is 8.04. The zero-order valence-electron chi connectivity index (χ0n) is 35.1. The zero-order chi connectivity index (χ0) is 45.1. The molecule has 11 nitrogen and oxygen atoms in total. The van der Waals surface area contributed by atoms with E-state index in [9.17, 15) is 28.1 Å². The van der Waals surface area contributed by atoms with E-state index < -0.39 is 27.9 Å². The largest absolute Gasteiger partial charge is 0.416 e. The molecule has 4 aliphatic rings. The molecule has 9 rings (SSSR count). The fourth-order valence-electron chi connectivity index (χ4n) is 8.32. The van der Waals surface area contributed by atoms with E-state index in [1.165, 1.54) is 32.1 Å². The molecule has 0 atom stereocenters. The molecular formula is C47H45Cl2F3N8O3S. The van der Waals surface area contributed by atoms with E-state index in [0.717, 1.165) is 81.7 Å². The summed E-state index contributed by atoms with van der Waals surface area (Å²) in [5.41, 5.74) is 3.79. The number of alkyl halides is 3. The molecule has 4 aromatic carbocycles. The fourth-order valence-corrected chi connectivity index (χ4v) is 9.68. The predicted octanol–water partition coefficient (Wildman–Crippen LogP) is 11.8. The van der Waals surface area contributed by atoms with Crippen LogP contribution in [0, 0.1) is 16.0 Å². The lowest BCUT2D eigenvalue weighted by Crippen LogP contribution is -2.48. The molecule has 5 aromatic rings. The Bertz CT molecular complexity index is 2900. The Kier molecular flexibility index (Phi) is 13.5. The van der Waals surface area contributed by atoms with Crippen molar-refractivity contribution < 1.29 is 18.1 Å². The van der Waals surface area contributed by atoms with Gasteiger partial charge in [0.25, 0.3) is 11.2 Å². The summed E-state index contributed by atoms with van der Waals surface area (Å²) in [5.74, 6) is 0.723. The number of anilines is 3. The smallest absolute Gasteiger partial charge is 0.354 e. The van der Waals surface area contributed by atoms with Crippen molar-refractivity contribution in [2.24, 2.45) is 10.9 Å². The van der Waals surface area contributed by atoms with E-state index in [1.54, 1.807) is 0 Å². The van der Waals surface area contributed by atoms with Crippen molar-refractivity contribution in [3.63, 3.8) is 0 Å². The Morgan fingerprint density at radius 1 is 0.891 bits per heavy atom. The Hall–Kier alpha value is -5.61. The van der Waals surface area contributed by atoms with Gasteiger partial charge in [0.2, 0.25) is 0 Å². The van der Waals surface area contributed by atoms with Crippen LogP contribution in [0.1, 0.15) is 51.5 Å². The van der Waals surface area contributed by atoms with Gasteiger partial charge in [-0.1, -0.05) is 65.9 Å². The van der Waals surface area contributed by atoms with Gasteiger partial charge in [0.1, 0.15) is 4.70 Å². The minimum absolute atomic E-state index is 0.0716. The number of nitrogens with zero attached hydrogens (tertiary/aromatic N) is 7. The summed E-state index contributed by atoms with van der Waals surface area (Å²) in [6, 6.07) is 29.1. The maximum atomic E-state index is 13.1. The number of halogens is 5. The molecule has 3 heterocycles. The topological polar surface area (TPSA) is 122 Å². The number of fused-ring (bicyclic) bond motifs is 3. The second-order valence-corrected chi connectivity index (χ2v) is 18.2. The molecule has 1 saturated carbocycles.